The number of likely N-dealkylation sites (N-methyl/N-ethyl adjacent to an activating group) is 1. The molecule has 1 aromatic rings. The lowest BCUT2D eigenvalue weighted by Crippen LogP contribution is -2.66. The summed E-state index contributed by atoms with van der Waals surface area (Å²) in [5.41, 5.74) is -0.715. The molecule has 134 valence electrons. The van der Waals surface area contributed by atoms with Crippen LogP contribution in [0, 0.1) is 0 Å². The molecule has 2 aliphatic rings. The first-order chi connectivity index (χ1) is 11.7. The molecule has 2 aliphatic heterocycles. The average molecular weight is 355 g/mol. The van der Waals surface area contributed by atoms with E-state index in [1.807, 2.05) is 0 Å². The number of carbonyl (C=O) groups excluding carboxylic acids is 3. The van der Waals surface area contributed by atoms with Crippen molar-refractivity contribution in [2.75, 3.05) is 33.2 Å². The van der Waals surface area contributed by atoms with Crippen LogP contribution in [0.1, 0.15) is 15.9 Å². The van der Waals surface area contributed by atoms with Crippen molar-refractivity contribution < 1.29 is 27.6 Å². The third-order valence-electron chi connectivity index (χ3n) is 4.48. The summed E-state index contributed by atoms with van der Waals surface area (Å²) < 4.78 is 37.8. The molecule has 1 atom stereocenters. The van der Waals surface area contributed by atoms with Crippen molar-refractivity contribution in [3.8, 4) is 0 Å². The van der Waals surface area contributed by atoms with Crippen molar-refractivity contribution in [3.05, 3.63) is 35.4 Å². The van der Waals surface area contributed by atoms with Crippen LogP contribution in [-0.2, 0) is 15.8 Å². The van der Waals surface area contributed by atoms with Gasteiger partial charge in [-0.05, 0) is 24.3 Å². The zero-order chi connectivity index (χ0) is 18.4. The fraction of sp³-hybridized carbons (Fsp3) is 0.438. The Hall–Kier alpha value is -2.58. The SMILES string of the molecule is CN1CC(=O)N2CCN(C(=O)c3ccc(C(F)(F)F)cc3)C[C@@H]2C1=O. The first kappa shape index (κ1) is 17.2. The van der Waals surface area contributed by atoms with Crippen LogP contribution in [0.5, 0.6) is 0 Å². The number of halogens is 3. The molecule has 9 heteroatoms. The summed E-state index contributed by atoms with van der Waals surface area (Å²) in [6.07, 6.45) is -4.47. The number of nitrogens with zero attached hydrogens (tertiary/aromatic N) is 3. The molecule has 25 heavy (non-hydrogen) atoms. The van der Waals surface area contributed by atoms with Crippen molar-refractivity contribution >= 4 is 17.7 Å². The lowest BCUT2D eigenvalue weighted by atomic mass is 10.1. The van der Waals surface area contributed by atoms with E-state index in [0.29, 0.717) is 0 Å². The topological polar surface area (TPSA) is 60.9 Å². The summed E-state index contributed by atoms with van der Waals surface area (Å²) in [6.45, 7) is 0.519. The molecule has 2 fully saturated rings. The molecule has 0 spiro atoms. The summed E-state index contributed by atoms with van der Waals surface area (Å²) >= 11 is 0. The number of benzene rings is 1. The van der Waals surface area contributed by atoms with Gasteiger partial charge in [0.25, 0.3) is 5.91 Å². The van der Waals surface area contributed by atoms with E-state index < -0.39 is 23.7 Å². The highest BCUT2D eigenvalue weighted by atomic mass is 19.4. The van der Waals surface area contributed by atoms with E-state index in [2.05, 4.69) is 0 Å². The van der Waals surface area contributed by atoms with Crippen molar-refractivity contribution in [1.29, 1.82) is 0 Å². The molecular formula is C16H16F3N3O3. The summed E-state index contributed by atoms with van der Waals surface area (Å²) in [5.74, 6) is -0.875. The number of carbonyl (C=O) groups is 3. The Morgan fingerprint density at radius 2 is 1.76 bits per heavy atom. The summed E-state index contributed by atoms with van der Waals surface area (Å²) in [7, 11) is 1.52. The Balaban J connectivity index is 1.75. The van der Waals surface area contributed by atoms with Gasteiger partial charge in [-0.15, -0.1) is 0 Å². The summed E-state index contributed by atoms with van der Waals surface area (Å²) in [5, 5.41) is 0. The predicted molar refractivity (Wildman–Crippen MR) is 80.5 cm³/mol. The second kappa shape index (κ2) is 6.05. The van der Waals surface area contributed by atoms with Gasteiger partial charge in [0.15, 0.2) is 0 Å². The highest BCUT2D eigenvalue weighted by Crippen LogP contribution is 2.29. The number of rotatable bonds is 1. The van der Waals surface area contributed by atoms with Crippen LogP contribution in [0.3, 0.4) is 0 Å². The quantitative estimate of drug-likeness (QED) is 0.750. The molecule has 0 saturated carbocycles. The molecule has 2 heterocycles. The Labute approximate surface area is 141 Å². The van der Waals surface area contributed by atoms with Gasteiger partial charge in [-0.2, -0.15) is 13.2 Å². The van der Waals surface area contributed by atoms with Crippen LogP contribution in [0.4, 0.5) is 13.2 Å². The third kappa shape index (κ3) is 3.18. The molecule has 3 rings (SSSR count). The van der Waals surface area contributed by atoms with E-state index in [4.69, 9.17) is 0 Å². The molecule has 0 aliphatic carbocycles. The lowest BCUT2D eigenvalue weighted by molar-refractivity contribution is -0.157. The van der Waals surface area contributed by atoms with Crippen LogP contribution in [0.15, 0.2) is 24.3 Å². The van der Waals surface area contributed by atoms with Crippen molar-refractivity contribution in [1.82, 2.24) is 14.7 Å². The maximum Gasteiger partial charge on any atom is 0.416 e. The van der Waals surface area contributed by atoms with Crippen molar-refractivity contribution in [2.24, 2.45) is 0 Å². The van der Waals surface area contributed by atoms with E-state index in [-0.39, 0.29) is 43.6 Å². The first-order valence-corrected chi connectivity index (χ1v) is 7.69. The third-order valence-corrected chi connectivity index (χ3v) is 4.48. The molecular weight excluding hydrogens is 339 g/mol. The molecule has 0 N–H and O–H groups in total. The Morgan fingerprint density at radius 3 is 2.36 bits per heavy atom. The van der Waals surface area contributed by atoms with Crippen LogP contribution >= 0.6 is 0 Å². The molecule has 0 unspecified atom stereocenters. The van der Waals surface area contributed by atoms with Crippen LogP contribution in [0.2, 0.25) is 0 Å². The lowest BCUT2D eigenvalue weighted by Gasteiger charge is -2.45. The second-order valence-electron chi connectivity index (χ2n) is 6.12. The molecule has 6 nitrogen and oxygen atoms in total. The van der Waals surface area contributed by atoms with E-state index in [9.17, 15) is 27.6 Å². The van der Waals surface area contributed by atoms with Gasteiger partial charge in [0, 0.05) is 25.7 Å². The van der Waals surface area contributed by atoms with Gasteiger partial charge >= 0.3 is 6.18 Å². The molecule has 1 aromatic carbocycles. The van der Waals surface area contributed by atoms with Gasteiger partial charge in [0.1, 0.15) is 6.04 Å². The van der Waals surface area contributed by atoms with Gasteiger partial charge < -0.3 is 14.7 Å². The Bertz CT molecular complexity index is 718. The fourth-order valence-corrected chi connectivity index (χ4v) is 3.09. The van der Waals surface area contributed by atoms with Gasteiger partial charge in [0.05, 0.1) is 18.7 Å². The molecule has 0 bridgehead atoms. The van der Waals surface area contributed by atoms with Crippen molar-refractivity contribution in [3.63, 3.8) is 0 Å². The van der Waals surface area contributed by atoms with Gasteiger partial charge in [0.2, 0.25) is 11.8 Å². The zero-order valence-electron chi connectivity index (χ0n) is 13.4. The number of alkyl halides is 3. The molecule has 2 saturated heterocycles. The highest BCUT2D eigenvalue weighted by Gasteiger charge is 2.42. The van der Waals surface area contributed by atoms with Gasteiger partial charge in [-0.1, -0.05) is 0 Å². The first-order valence-electron chi connectivity index (χ1n) is 7.69. The van der Waals surface area contributed by atoms with Crippen LogP contribution in [0.25, 0.3) is 0 Å². The second-order valence-corrected chi connectivity index (χ2v) is 6.12. The van der Waals surface area contributed by atoms with Crippen molar-refractivity contribution in [2.45, 2.75) is 12.2 Å². The number of hydrogen-bond donors (Lipinski definition) is 0. The maximum absolute atomic E-state index is 12.6. The van der Waals surface area contributed by atoms with Gasteiger partial charge in [-0.3, -0.25) is 14.4 Å². The Morgan fingerprint density at radius 1 is 1.12 bits per heavy atom. The number of piperazine rings is 2. The Kier molecular flexibility index (Phi) is 4.18. The standard InChI is InChI=1S/C16H16F3N3O3/c1-20-9-13(23)22-7-6-21(8-12(22)15(20)25)14(24)10-2-4-11(5-3-10)16(17,18)19/h2-5,12H,6-9H2,1H3/t12-/m1/s1. The number of amides is 3. The minimum absolute atomic E-state index is 0.0161. The monoisotopic (exact) mass is 355 g/mol. The largest absolute Gasteiger partial charge is 0.416 e. The van der Waals surface area contributed by atoms with E-state index in [0.717, 1.165) is 24.3 Å². The molecule has 0 radical (unpaired) electrons. The highest BCUT2D eigenvalue weighted by molar-refractivity contribution is 5.98. The minimum Gasteiger partial charge on any atom is -0.335 e. The number of hydrogen-bond acceptors (Lipinski definition) is 3. The molecule has 3 amide bonds. The molecule has 0 aromatic heterocycles. The van der Waals surface area contributed by atoms with Crippen LogP contribution in [-0.4, -0.2) is 71.7 Å². The number of fused-ring (bicyclic) bond motifs is 1. The van der Waals surface area contributed by atoms with Gasteiger partial charge in [-0.25, -0.2) is 0 Å². The predicted octanol–water partition coefficient (Wildman–Crippen LogP) is 0.830. The fourth-order valence-electron chi connectivity index (χ4n) is 3.09. The average Bonchev–Trinajstić information content (AvgIpc) is 2.58. The maximum atomic E-state index is 12.6. The zero-order valence-corrected chi connectivity index (χ0v) is 13.4. The smallest absolute Gasteiger partial charge is 0.335 e. The normalized spacial score (nSPS) is 21.4. The summed E-state index contributed by atoms with van der Waals surface area (Å²) in [4.78, 5) is 40.9. The van der Waals surface area contributed by atoms with E-state index >= 15 is 0 Å². The summed E-state index contributed by atoms with van der Waals surface area (Å²) in [6, 6.07) is 3.21. The van der Waals surface area contributed by atoms with E-state index in [1.54, 1.807) is 0 Å². The van der Waals surface area contributed by atoms with E-state index in [1.165, 1.54) is 21.7 Å². The van der Waals surface area contributed by atoms with Crippen LogP contribution < -0.4 is 0 Å². The minimum atomic E-state index is -4.47.